The third kappa shape index (κ3) is 5.30. The van der Waals surface area contributed by atoms with Crippen LogP contribution in [0.2, 0.25) is 0 Å². The van der Waals surface area contributed by atoms with Gasteiger partial charge in [-0.25, -0.2) is 0 Å². The second-order valence-corrected chi connectivity index (χ2v) is 5.74. The molecule has 0 saturated carbocycles. The zero-order valence-electron chi connectivity index (χ0n) is 14.5. The summed E-state index contributed by atoms with van der Waals surface area (Å²) in [7, 11) is 0. The van der Waals surface area contributed by atoms with Gasteiger partial charge in [0.05, 0.1) is 6.54 Å². The molecule has 0 aliphatic carbocycles. The number of para-hydroxylation sites is 1. The van der Waals surface area contributed by atoms with E-state index in [-0.39, 0.29) is 5.91 Å². The van der Waals surface area contributed by atoms with Crippen LogP contribution in [0.3, 0.4) is 0 Å². The van der Waals surface area contributed by atoms with Gasteiger partial charge in [0.25, 0.3) is 5.91 Å². The van der Waals surface area contributed by atoms with Crippen molar-refractivity contribution in [2.45, 2.75) is 33.3 Å². The molecule has 0 bridgehead atoms. The lowest BCUT2D eigenvalue weighted by Crippen LogP contribution is -2.39. The Balaban J connectivity index is 1.78. The van der Waals surface area contributed by atoms with Gasteiger partial charge < -0.3 is 14.8 Å². The summed E-state index contributed by atoms with van der Waals surface area (Å²) in [6, 6.07) is 15.5. The highest BCUT2D eigenvalue weighted by Gasteiger charge is 2.17. The van der Waals surface area contributed by atoms with Crippen molar-refractivity contribution in [2.24, 2.45) is 0 Å². The van der Waals surface area contributed by atoms with Gasteiger partial charge in [0.2, 0.25) is 0 Å². The number of benzene rings is 2. The Morgan fingerprint density at radius 2 is 1.88 bits per heavy atom. The third-order valence-corrected chi connectivity index (χ3v) is 3.69. The number of rotatable bonds is 8. The Labute approximate surface area is 143 Å². The van der Waals surface area contributed by atoms with E-state index in [0.717, 1.165) is 16.9 Å². The average molecular weight is 327 g/mol. The molecule has 2 aromatic rings. The van der Waals surface area contributed by atoms with Gasteiger partial charge in [-0.3, -0.25) is 4.79 Å². The Kier molecular flexibility index (Phi) is 6.67. The van der Waals surface area contributed by atoms with Gasteiger partial charge in [-0.1, -0.05) is 37.3 Å². The van der Waals surface area contributed by atoms with Crippen molar-refractivity contribution in [3.63, 3.8) is 0 Å². The summed E-state index contributed by atoms with van der Waals surface area (Å²) in [6.07, 6.45) is 0.117. The number of carbonyl (C=O) groups is 1. The van der Waals surface area contributed by atoms with Crippen LogP contribution in [-0.4, -0.2) is 25.2 Å². The Bertz CT molecular complexity index is 655. The number of ether oxygens (including phenoxy) is 2. The van der Waals surface area contributed by atoms with Crippen molar-refractivity contribution in [1.29, 1.82) is 0 Å². The molecule has 0 fully saturated rings. The second kappa shape index (κ2) is 8.96. The quantitative estimate of drug-likeness (QED) is 0.753. The van der Waals surface area contributed by atoms with E-state index in [9.17, 15) is 4.79 Å². The fourth-order valence-electron chi connectivity index (χ4n) is 2.30. The summed E-state index contributed by atoms with van der Waals surface area (Å²) in [4.78, 5) is 12.2. The molecule has 1 unspecified atom stereocenters. The summed E-state index contributed by atoms with van der Waals surface area (Å²) in [6.45, 7) is 6.84. The zero-order chi connectivity index (χ0) is 17.4. The van der Waals surface area contributed by atoms with Crippen LogP contribution in [0.25, 0.3) is 0 Å². The number of amides is 1. The predicted octanol–water partition coefficient (Wildman–Crippen LogP) is 3.66. The third-order valence-electron chi connectivity index (χ3n) is 3.69. The first-order valence-corrected chi connectivity index (χ1v) is 8.29. The average Bonchev–Trinajstić information content (AvgIpc) is 2.60. The van der Waals surface area contributed by atoms with Gasteiger partial charge in [0.15, 0.2) is 6.10 Å². The Hall–Kier alpha value is -2.49. The normalized spacial score (nSPS) is 11.6. The lowest BCUT2D eigenvalue weighted by molar-refractivity contribution is -0.128. The minimum absolute atomic E-state index is 0.120. The largest absolute Gasteiger partial charge is 0.491 e. The van der Waals surface area contributed by atoms with Crippen LogP contribution in [0.5, 0.6) is 11.5 Å². The molecule has 1 N–H and O–H groups in total. The molecule has 0 aliphatic rings. The molecule has 0 heterocycles. The van der Waals surface area contributed by atoms with Crippen LogP contribution in [0.15, 0.2) is 48.5 Å². The molecular weight excluding hydrogens is 302 g/mol. The maximum atomic E-state index is 12.2. The molecule has 2 aromatic carbocycles. The molecule has 0 saturated heterocycles. The number of carbonyl (C=O) groups excluding carboxylic acids is 1. The predicted molar refractivity (Wildman–Crippen MR) is 95.6 cm³/mol. The molecule has 24 heavy (non-hydrogen) atoms. The van der Waals surface area contributed by atoms with Crippen LogP contribution >= 0.6 is 0 Å². The van der Waals surface area contributed by atoms with Crippen molar-refractivity contribution < 1.29 is 14.3 Å². The molecule has 128 valence electrons. The van der Waals surface area contributed by atoms with Crippen LogP contribution in [0.1, 0.15) is 24.5 Å². The van der Waals surface area contributed by atoms with Crippen molar-refractivity contribution in [3.05, 3.63) is 59.7 Å². The molecular formula is C20H25NO3. The topological polar surface area (TPSA) is 47.6 Å². The van der Waals surface area contributed by atoms with Gasteiger partial charge in [-0.05, 0) is 49.6 Å². The SMILES string of the molecule is CCC(Oc1ccccc1)C(=O)NCCOc1cc(C)ccc1C. The molecule has 4 nitrogen and oxygen atoms in total. The maximum absolute atomic E-state index is 12.2. The van der Waals surface area contributed by atoms with Crippen molar-refractivity contribution in [1.82, 2.24) is 5.32 Å². The van der Waals surface area contributed by atoms with Gasteiger partial charge in [-0.15, -0.1) is 0 Å². The lowest BCUT2D eigenvalue weighted by atomic mass is 10.1. The van der Waals surface area contributed by atoms with Crippen molar-refractivity contribution >= 4 is 5.91 Å². The first kappa shape index (κ1) is 17.9. The van der Waals surface area contributed by atoms with Crippen molar-refractivity contribution in [3.8, 4) is 11.5 Å². The first-order chi connectivity index (χ1) is 11.6. The Morgan fingerprint density at radius 1 is 1.12 bits per heavy atom. The van der Waals surface area contributed by atoms with Crippen LogP contribution < -0.4 is 14.8 Å². The van der Waals surface area contributed by atoms with Gasteiger partial charge in [-0.2, -0.15) is 0 Å². The minimum atomic E-state index is -0.492. The fourth-order valence-corrected chi connectivity index (χ4v) is 2.30. The molecule has 0 aromatic heterocycles. The monoisotopic (exact) mass is 327 g/mol. The molecule has 0 aliphatic heterocycles. The summed E-state index contributed by atoms with van der Waals surface area (Å²) >= 11 is 0. The highest BCUT2D eigenvalue weighted by atomic mass is 16.5. The summed E-state index contributed by atoms with van der Waals surface area (Å²) in [5, 5.41) is 2.87. The number of hydrogen-bond acceptors (Lipinski definition) is 3. The van der Waals surface area contributed by atoms with Gasteiger partial charge in [0, 0.05) is 0 Å². The zero-order valence-corrected chi connectivity index (χ0v) is 14.5. The van der Waals surface area contributed by atoms with Gasteiger partial charge in [0.1, 0.15) is 18.1 Å². The molecule has 0 spiro atoms. The first-order valence-electron chi connectivity index (χ1n) is 8.29. The maximum Gasteiger partial charge on any atom is 0.261 e. The van der Waals surface area contributed by atoms with E-state index in [0.29, 0.717) is 25.3 Å². The van der Waals surface area contributed by atoms with E-state index < -0.39 is 6.10 Å². The highest BCUT2D eigenvalue weighted by molar-refractivity contribution is 5.81. The number of hydrogen-bond donors (Lipinski definition) is 1. The van der Waals surface area contributed by atoms with E-state index in [1.165, 1.54) is 0 Å². The minimum Gasteiger partial charge on any atom is -0.491 e. The van der Waals surface area contributed by atoms with E-state index in [1.807, 2.05) is 63.2 Å². The van der Waals surface area contributed by atoms with E-state index in [4.69, 9.17) is 9.47 Å². The van der Waals surface area contributed by atoms with E-state index in [1.54, 1.807) is 0 Å². The van der Waals surface area contributed by atoms with Crippen LogP contribution in [-0.2, 0) is 4.79 Å². The van der Waals surface area contributed by atoms with Crippen LogP contribution in [0, 0.1) is 13.8 Å². The van der Waals surface area contributed by atoms with Crippen LogP contribution in [0.4, 0.5) is 0 Å². The summed E-state index contributed by atoms with van der Waals surface area (Å²) in [5.74, 6) is 1.44. The molecule has 2 rings (SSSR count). The lowest BCUT2D eigenvalue weighted by Gasteiger charge is -2.17. The summed E-state index contributed by atoms with van der Waals surface area (Å²) in [5.41, 5.74) is 2.24. The van der Waals surface area contributed by atoms with Crippen molar-refractivity contribution in [2.75, 3.05) is 13.2 Å². The van der Waals surface area contributed by atoms with E-state index >= 15 is 0 Å². The molecule has 1 atom stereocenters. The number of nitrogens with one attached hydrogen (secondary N) is 1. The van der Waals surface area contributed by atoms with Gasteiger partial charge >= 0.3 is 0 Å². The Morgan fingerprint density at radius 3 is 2.58 bits per heavy atom. The summed E-state index contributed by atoms with van der Waals surface area (Å²) < 4.78 is 11.5. The standard InChI is InChI=1S/C20H25NO3/c1-4-18(24-17-8-6-5-7-9-17)20(22)21-12-13-23-19-14-15(2)10-11-16(19)3/h5-11,14,18H,4,12-13H2,1-3H3,(H,21,22). The molecule has 1 amide bonds. The molecule has 0 radical (unpaired) electrons. The second-order valence-electron chi connectivity index (χ2n) is 5.74. The molecule has 4 heteroatoms. The number of aryl methyl sites for hydroxylation is 2. The highest BCUT2D eigenvalue weighted by Crippen LogP contribution is 2.18. The van der Waals surface area contributed by atoms with E-state index in [2.05, 4.69) is 11.4 Å². The smallest absolute Gasteiger partial charge is 0.261 e. The fraction of sp³-hybridized carbons (Fsp3) is 0.350.